The molecule has 0 aliphatic rings. The molecule has 0 fully saturated rings. The van der Waals surface area contributed by atoms with Gasteiger partial charge in [-0.25, -0.2) is 13.6 Å². The number of nitrogens with zero attached hydrogens (tertiary/aromatic N) is 2. The second kappa shape index (κ2) is 8.09. The third-order valence-electron chi connectivity index (χ3n) is 3.73. The number of halogens is 3. The van der Waals surface area contributed by atoms with E-state index in [0.717, 1.165) is 17.7 Å². The number of benzene rings is 2. The second-order valence-electron chi connectivity index (χ2n) is 5.64. The minimum Gasteiger partial charge on any atom is -0.454 e. The number of Topliss-reactive ketones (excluding diaryl/α,β-unsaturated/α-hetero) is 1. The Labute approximate surface area is 158 Å². The van der Waals surface area contributed by atoms with Gasteiger partial charge in [-0.3, -0.25) is 9.48 Å². The van der Waals surface area contributed by atoms with Crippen LogP contribution in [0.5, 0.6) is 0 Å². The van der Waals surface area contributed by atoms with E-state index in [1.165, 1.54) is 17.1 Å². The van der Waals surface area contributed by atoms with E-state index in [1.54, 1.807) is 12.1 Å². The van der Waals surface area contributed by atoms with Crippen molar-refractivity contribution in [2.75, 3.05) is 6.61 Å². The molecule has 0 aliphatic carbocycles. The van der Waals surface area contributed by atoms with Crippen molar-refractivity contribution in [2.24, 2.45) is 0 Å². The van der Waals surface area contributed by atoms with Gasteiger partial charge in [0.2, 0.25) is 5.78 Å². The van der Waals surface area contributed by atoms with Gasteiger partial charge >= 0.3 is 5.97 Å². The first-order chi connectivity index (χ1) is 12.9. The Balaban J connectivity index is 1.61. The fraction of sp³-hybridized carbons (Fsp3) is 0.105. The van der Waals surface area contributed by atoms with Gasteiger partial charge in [-0.2, -0.15) is 5.10 Å². The SMILES string of the molecule is O=C(OCC(=O)c1ccc(F)cc1F)c1cnn(Cc2ccccc2Cl)c1. The zero-order valence-corrected chi connectivity index (χ0v) is 14.6. The number of hydrogen-bond donors (Lipinski definition) is 0. The summed E-state index contributed by atoms with van der Waals surface area (Å²) in [6.07, 6.45) is 2.75. The highest BCUT2D eigenvalue weighted by Gasteiger charge is 2.17. The highest BCUT2D eigenvalue weighted by molar-refractivity contribution is 6.31. The summed E-state index contributed by atoms with van der Waals surface area (Å²) in [7, 11) is 0. The van der Waals surface area contributed by atoms with Gasteiger partial charge in [-0.05, 0) is 23.8 Å². The summed E-state index contributed by atoms with van der Waals surface area (Å²) in [5.41, 5.74) is 0.609. The Morgan fingerprint density at radius 3 is 2.67 bits per heavy atom. The maximum Gasteiger partial charge on any atom is 0.341 e. The molecule has 0 N–H and O–H groups in total. The van der Waals surface area contributed by atoms with Gasteiger partial charge in [0.1, 0.15) is 11.6 Å². The summed E-state index contributed by atoms with van der Waals surface area (Å²) in [6, 6.07) is 9.76. The Kier molecular flexibility index (Phi) is 5.61. The number of hydrogen-bond acceptors (Lipinski definition) is 4. The lowest BCUT2D eigenvalue weighted by Crippen LogP contribution is -2.15. The zero-order chi connectivity index (χ0) is 19.4. The van der Waals surface area contributed by atoms with E-state index in [2.05, 4.69) is 5.10 Å². The van der Waals surface area contributed by atoms with Crippen LogP contribution < -0.4 is 0 Å². The second-order valence-corrected chi connectivity index (χ2v) is 6.05. The van der Waals surface area contributed by atoms with Crippen molar-refractivity contribution in [2.45, 2.75) is 6.54 Å². The Bertz CT molecular complexity index is 1000. The summed E-state index contributed by atoms with van der Waals surface area (Å²) in [6.45, 7) is -0.316. The van der Waals surface area contributed by atoms with Crippen LogP contribution in [0.1, 0.15) is 26.3 Å². The van der Waals surface area contributed by atoms with Crippen molar-refractivity contribution in [3.05, 3.63) is 88.2 Å². The molecule has 5 nitrogen and oxygen atoms in total. The maximum absolute atomic E-state index is 13.6. The van der Waals surface area contributed by atoms with Crippen molar-refractivity contribution in [3.63, 3.8) is 0 Å². The minimum atomic E-state index is -1.01. The number of rotatable bonds is 6. The van der Waals surface area contributed by atoms with Crippen LogP contribution >= 0.6 is 11.6 Å². The van der Waals surface area contributed by atoms with Gasteiger partial charge < -0.3 is 4.74 Å². The lowest BCUT2D eigenvalue weighted by molar-refractivity contribution is 0.0473. The van der Waals surface area contributed by atoms with Crippen LogP contribution in [0.15, 0.2) is 54.9 Å². The molecule has 0 bridgehead atoms. The average Bonchev–Trinajstić information content (AvgIpc) is 3.10. The molecular weight excluding hydrogens is 378 g/mol. The molecule has 1 heterocycles. The van der Waals surface area contributed by atoms with Crippen LogP contribution in [0, 0.1) is 11.6 Å². The van der Waals surface area contributed by atoms with E-state index >= 15 is 0 Å². The quantitative estimate of drug-likeness (QED) is 0.473. The van der Waals surface area contributed by atoms with Gasteiger partial charge in [0.15, 0.2) is 6.61 Å². The summed E-state index contributed by atoms with van der Waals surface area (Å²) in [5.74, 6) is -3.36. The molecule has 138 valence electrons. The molecule has 2 aromatic carbocycles. The summed E-state index contributed by atoms with van der Waals surface area (Å²) in [5, 5.41) is 4.63. The molecule has 8 heteroatoms. The molecule has 0 unspecified atom stereocenters. The van der Waals surface area contributed by atoms with E-state index in [9.17, 15) is 18.4 Å². The highest BCUT2D eigenvalue weighted by atomic mass is 35.5. The standard InChI is InChI=1S/C19H13ClF2N2O3/c20-16-4-2-1-3-12(16)9-24-10-13(8-23-24)19(26)27-11-18(25)15-6-5-14(21)7-17(15)22/h1-8,10H,9,11H2. The number of carbonyl (C=O) groups is 2. The smallest absolute Gasteiger partial charge is 0.341 e. The predicted molar refractivity (Wildman–Crippen MR) is 93.8 cm³/mol. The molecule has 1 aromatic heterocycles. The number of aromatic nitrogens is 2. The van der Waals surface area contributed by atoms with E-state index in [0.29, 0.717) is 17.6 Å². The minimum absolute atomic E-state index is 0.134. The first-order valence-electron chi connectivity index (χ1n) is 7.85. The predicted octanol–water partition coefficient (Wildman–Crippen LogP) is 3.90. The maximum atomic E-state index is 13.6. The molecular formula is C19H13ClF2N2O3. The van der Waals surface area contributed by atoms with Crippen LogP contribution in [0.2, 0.25) is 5.02 Å². The molecule has 0 radical (unpaired) electrons. The number of ketones is 1. The molecule has 3 aromatic rings. The van der Waals surface area contributed by atoms with Crippen molar-refractivity contribution in [3.8, 4) is 0 Å². The fourth-order valence-corrected chi connectivity index (χ4v) is 2.56. The lowest BCUT2D eigenvalue weighted by atomic mass is 10.1. The number of ether oxygens (including phenoxy) is 1. The van der Waals surface area contributed by atoms with Crippen LogP contribution in [0.25, 0.3) is 0 Å². The Hall–Kier alpha value is -3.06. The molecule has 0 saturated carbocycles. The molecule has 0 aliphatic heterocycles. The van der Waals surface area contributed by atoms with Crippen molar-refractivity contribution in [1.82, 2.24) is 9.78 Å². The number of carbonyl (C=O) groups excluding carboxylic acids is 2. The molecule has 0 atom stereocenters. The Morgan fingerprint density at radius 1 is 1.15 bits per heavy atom. The first kappa shape index (κ1) is 18.7. The highest BCUT2D eigenvalue weighted by Crippen LogP contribution is 2.16. The van der Waals surface area contributed by atoms with Crippen molar-refractivity contribution < 1.29 is 23.1 Å². The van der Waals surface area contributed by atoms with Crippen LogP contribution in [0.4, 0.5) is 8.78 Å². The zero-order valence-electron chi connectivity index (χ0n) is 13.9. The van der Waals surface area contributed by atoms with E-state index < -0.39 is 30.0 Å². The van der Waals surface area contributed by atoms with Crippen LogP contribution in [0.3, 0.4) is 0 Å². The third-order valence-corrected chi connectivity index (χ3v) is 4.09. The molecule has 0 spiro atoms. The summed E-state index contributed by atoms with van der Waals surface area (Å²) < 4.78 is 32.8. The van der Waals surface area contributed by atoms with Gasteiger partial charge in [-0.15, -0.1) is 0 Å². The largest absolute Gasteiger partial charge is 0.454 e. The molecule has 0 amide bonds. The van der Waals surface area contributed by atoms with Gasteiger partial charge in [-0.1, -0.05) is 29.8 Å². The van der Waals surface area contributed by atoms with E-state index in [-0.39, 0.29) is 11.1 Å². The van der Waals surface area contributed by atoms with E-state index in [1.807, 2.05) is 12.1 Å². The van der Waals surface area contributed by atoms with Crippen LogP contribution in [-0.4, -0.2) is 28.1 Å². The van der Waals surface area contributed by atoms with Crippen LogP contribution in [-0.2, 0) is 11.3 Å². The van der Waals surface area contributed by atoms with E-state index in [4.69, 9.17) is 16.3 Å². The molecule has 0 saturated heterocycles. The molecule has 3 rings (SSSR count). The van der Waals surface area contributed by atoms with Gasteiger partial charge in [0.25, 0.3) is 0 Å². The van der Waals surface area contributed by atoms with Crippen molar-refractivity contribution >= 4 is 23.4 Å². The molecule has 27 heavy (non-hydrogen) atoms. The lowest BCUT2D eigenvalue weighted by Gasteiger charge is -2.05. The van der Waals surface area contributed by atoms with Gasteiger partial charge in [0.05, 0.1) is 23.9 Å². The monoisotopic (exact) mass is 390 g/mol. The normalized spacial score (nSPS) is 10.6. The third kappa shape index (κ3) is 4.57. The van der Waals surface area contributed by atoms with Gasteiger partial charge in [0, 0.05) is 17.3 Å². The fourth-order valence-electron chi connectivity index (χ4n) is 2.36. The topological polar surface area (TPSA) is 61.2 Å². The summed E-state index contributed by atoms with van der Waals surface area (Å²) >= 11 is 6.08. The Morgan fingerprint density at radius 2 is 1.93 bits per heavy atom. The average molecular weight is 391 g/mol. The first-order valence-corrected chi connectivity index (χ1v) is 8.23. The number of esters is 1. The summed E-state index contributed by atoms with van der Waals surface area (Å²) in [4.78, 5) is 24.0. The van der Waals surface area contributed by atoms with Crippen molar-refractivity contribution in [1.29, 1.82) is 0 Å².